The molecule has 0 unspecified atom stereocenters. The number of carbonyl (C=O) groups is 1. The molecule has 0 aromatic heterocycles. The van der Waals surface area contributed by atoms with Gasteiger partial charge in [-0.15, -0.1) is 0 Å². The number of likely N-dealkylation sites (tertiary alicyclic amines) is 2. The predicted molar refractivity (Wildman–Crippen MR) is 65.2 cm³/mol. The van der Waals surface area contributed by atoms with Gasteiger partial charge in [-0.25, -0.2) is 0 Å². The lowest BCUT2D eigenvalue weighted by molar-refractivity contribution is -0.147. The highest BCUT2D eigenvalue weighted by atomic mass is 16.2. The molecule has 0 aliphatic carbocycles. The van der Waals surface area contributed by atoms with Crippen LogP contribution < -0.4 is 0 Å². The molecule has 0 bridgehead atoms. The molecule has 1 spiro atoms. The molecule has 16 heavy (non-hydrogen) atoms. The normalized spacial score (nSPS) is 24.9. The van der Waals surface area contributed by atoms with E-state index in [1.54, 1.807) is 0 Å². The van der Waals surface area contributed by atoms with Crippen LogP contribution in [0.15, 0.2) is 0 Å². The van der Waals surface area contributed by atoms with Gasteiger partial charge < -0.3 is 9.80 Å². The molecule has 3 heteroatoms. The Kier molecular flexibility index (Phi) is 3.24. The molecule has 0 aromatic carbocycles. The second-order valence-corrected chi connectivity index (χ2v) is 6.15. The number of hydrogen-bond donors (Lipinski definition) is 0. The zero-order valence-electron chi connectivity index (χ0n) is 10.8. The molecule has 0 atom stereocenters. The molecule has 0 aromatic rings. The minimum atomic E-state index is 0.361. The van der Waals surface area contributed by atoms with Gasteiger partial charge in [0.05, 0.1) is 0 Å². The summed E-state index contributed by atoms with van der Waals surface area (Å²) in [5.41, 5.74) is 0.485. The van der Waals surface area contributed by atoms with E-state index in [2.05, 4.69) is 30.7 Å². The van der Waals surface area contributed by atoms with Gasteiger partial charge in [0, 0.05) is 24.9 Å². The summed E-state index contributed by atoms with van der Waals surface area (Å²) in [5, 5.41) is 0. The molecule has 2 heterocycles. The summed E-state index contributed by atoms with van der Waals surface area (Å²) in [6, 6.07) is 0. The van der Waals surface area contributed by atoms with E-state index in [0.717, 1.165) is 19.5 Å². The maximum atomic E-state index is 11.8. The Morgan fingerprint density at radius 2 is 1.81 bits per heavy atom. The third kappa shape index (κ3) is 2.40. The largest absolute Gasteiger partial charge is 0.341 e. The Hall–Kier alpha value is -0.570. The summed E-state index contributed by atoms with van der Waals surface area (Å²) >= 11 is 0. The van der Waals surface area contributed by atoms with Crippen molar-refractivity contribution in [1.29, 1.82) is 0 Å². The summed E-state index contributed by atoms with van der Waals surface area (Å²) in [6.45, 7) is 8.67. The van der Waals surface area contributed by atoms with Gasteiger partial charge in [0.1, 0.15) is 0 Å². The maximum Gasteiger partial charge on any atom is 0.222 e. The van der Waals surface area contributed by atoms with Gasteiger partial charge in [0.2, 0.25) is 5.91 Å². The lowest BCUT2D eigenvalue weighted by Gasteiger charge is -2.53. The molecule has 2 aliphatic rings. The van der Waals surface area contributed by atoms with E-state index in [4.69, 9.17) is 0 Å². The molecule has 2 saturated heterocycles. The van der Waals surface area contributed by atoms with Crippen molar-refractivity contribution in [3.05, 3.63) is 0 Å². The van der Waals surface area contributed by atoms with Gasteiger partial charge in [-0.2, -0.15) is 0 Å². The summed E-state index contributed by atoms with van der Waals surface area (Å²) < 4.78 is 0. The quantitative estimate of drug-likeness (QED) is 0.711. The Balaban J connectivity index is 1.78. The van der Waals surface area contributed by atoms with Crippen LogP contribution >= 0.6 is 0 Å². The first-order chi connectivity index (χ1) is 7.51. The van der Waals surface area contributed by atoms with Crippen molar-refractivity contribution in [2.45, 2.75) is 33.1 Å². The van der Waals surface area contributed by atoms with Gasteiger partial charge in [0.15, 0.2) is 0 Å². The number of piperidine rings is 1. The second-order valence-electron chi connectivity index (χ2n) is 6.15. The zero-order valence-corrected chi connectivity index (χ0v) is 10.8. The molecule has 0 N–H and O–H groups in total. The predicted octanol–water partition coefficient (Wildman–Crippen LogP) is 1.59. The number of hydrogen-bond acceptors (Lipinski definition) is 2. The molecule has 92 valence electrons. The second kappa shape index (κ2) is 4.36. The first-order valence-corrected chi connectivity index (χ1v) is 6.47. The van der Waals surface area contributed by atoms with Gasteiger partial charge in [0.25, 0.3) is 0 Å². The Labute approximate surface area is 98.8 Å². The average Bonchev–Trinajstić information content (AvgIpc) is 2.14. The Morgan fingerprint density at radius 1 is 1.25 bits per heavy atom. The molecule has 2 rings (SSSR count). The van der Waals surface area contributed by atoms with Crippen molar-refractivity contribution in [2.75, 3.05) is 33.2 Å². The topological polar surface area (TPSA) is 23.6 Å². The third-order valence-corrected chi connectivity index (χ3v) is 4.04. The lowest BCUT2D eigenvalue weighted by atomic mass is 9.72. The van der Waals surface area contributed by atoms with Crippen molar-refractivity contribution in [3.63, 3.8) is 0 Å². The number of carbonyl (C=O) groups excluding carboxylic acids is 1. The smallest absolute Gasteiger partial charge is 0.222 e. The van der Waals surface area contributed by atoms with Crippen LogP contribution in [0.5, 0.6) is 0 Å². The van der Waals surface area contributed by atoms with Crippen LogP contribution in [0.3, 0.4) is 0 Å². The number of rotatable bonds is 2. The van der Waals surface area contributed by atoms with E-state index in [0.29, 0.717) is 17.2 Å². The third-order valence-electron chi connectivity index (χ3n) is 4.04. The SMILES string of the molecule is CC(C)CC(=O)N1CC2(CCN(C)CC2)C1. The van der Waals surface area contributed by atoms with E-state index in [1.165, 1.54) is 25.9 Å². The first-order valence-electron chi connectivity index (χ1n) is 6.47. The molecule has 1 amide bonds. The molecule has 0 radical (unpaired) electrons. The van der Waals surface area contributed by atoms with Crippen LogP contribution in [0.4, 0.5) is 0 Å². The van der Waals surface area contributed by atoms with Crippen LogP contribution in [-0.4, -0.2) is 48.9 Å². The highest BCUT2D eigenvalue weighted by Gasteiger charge is 2.45. The van der Waals surface area contributed by atoms with Crippen molar-refractivity contribution < 1.29 is 4.79 Å². The van der Waals surface area contributed by atoms with E-state index in [9.17, 15) is 4.79 Å². The van der Waals surface area contributed by atoms with Crippen molar-refractivity contribution in [3.8, 4) is 0 Å². The fourth-order valence-electron chi connectivity index (χ4n) is 2.83. The van der Waals surface area contributed by atoms with Crippen molar-refractivity contribution in [2.24, 2.45) is 11.3 Å². The lowest BCUT2D eigenvalue weighted by Crippen LogP contribution is -2.61. The molecule has 2 aliphatic heterocycles. The molecule has 0 saturated carbocycles. The van der Waals surface area contributed by atoms with E-state index in [-0.39, 0.29) is 0 Å². The van der Waals surface area contributed by atoms with Gasteiger partial charge in [-0.05, 0) is 38.9 Å². The highest BCUT2D eigenvalue weighted by Crippen LogP contribution is 2.40. The minimum Gasteiger partial charge on any atom is -0.341 e. The molecular weight excluding hydrogens is 200 g/mol. The maximum absolute atomic E-state index is 11.8. The Bertz CT molecular complexity index is 259. The fourth-order valence-corrected chi connectivity index (χ4v) is 2.83. The van der Waals surface area contributed by atoms with Crippen LogP contribution in [0.25, 0.3) is 0 Å². The monoisotopic (exact) mass is 224 g/mol. The summed E-state index contributed by atoms with van der Waals surface area (Å²) in [7, 11) is 2.19. The van der Waals surface area contributed by atoms with E-state index in [1.807, 2.05) is 0 Å². The highest BCUT2D eigenvalue weighted by molar-refractivity contribution is 5.77. The first kappa shape index (κ1) is 11.9. The van der Waals surface area contributed by atoms with Crippen molar-refractivity contribution >= 4 is 5.91 Å². The summed E-state index contributed by atoms with van der Waals surface area (Å²) in [6.07, 6.45) is 3.26. The summed E-state index contributed by atoms with van der Waals surface area (Å²) in [5.74, 6) is 0.848. The van der Waals surface area contributed by atoms with E-state index < -0.39 is 0 Å². The number of nitrogens with zero attached hydrogens (tertiary/aromatic N) is 2. The van der Waals surface area contributed by atoms with Crippen LogP contribution in [0, 0.1) is 11.3 Å². The minimum absolute atomic E-state index is 0.361. The van der Waals surface area contributed by atoms with Crippen molar-refractivity contribution in [1.82, 2.24) is 9.80 Å². The molecule has 3 nitrogen and oxygen atoms in total. The standard InChI is InChI=1S/C13H24N2O/c1-11(2)8-12(16)15-9-13(10-15)4-6-14(3)7-5-13/h11H,4-10H2,1-3H3. The molecule has 2 fully saturated rings. The molecular formula is C13H24N2O. The van der Waals surface area contributed by atoms with Crippen LogP contribution in [-0.2, 0) is 4.79 Å². The Morgan fingerprint density at radius 3 is 2.31 bits per heavy atom. The number of amides is 1. The van der Waals surface area contributed by atoms with Crippen LogP contribution in [0.2, 0.25) is 0 Å². The van der Waals surface area contributed by atoms with Gasteiger partial charge >= 0.3 is 0 Å². The fraction of sp³-hybridized carbons (Fsp3) is 0.923. The summed E-state index contributed by atoms with van der Waals surface area (Å²) in [4.78, 5) is 16.3. The van der Waals surface area contributed by atoms with E-state index >= 15 is 0 Å². The zero-order chi connectivity index (χ0) is 11.8. The van der Waals surface area contributed by atoms with Crippen LogP contribution in [0.1, 0.15) is 33.1 Å². The van der Waals surface area contributed by atoms with Gasteiger partial charge in [-0.3, -0.25) is 4.79 Å². The van der Waals surface area contributed by atoms with Gasteiger partial charge in [-0.1, -0.05) is 13.8 Å². The average molecular weight is 224 g/mol.